The van der Waals surface area contributed by atoms with E-state index in [2.05, 4.69) is 156 Å². The van der Waals surface area contributed by atoms with Crippen molar-refractivity contribution in [3.63, 3.8) is 0 Å². The molecule has 0 amide bonds. The van der Waals surface area contributed by atoms with Crippen molar-refractivity contribution in [1.29, 1.82) is 0 Å². The first-order valence-electron chi connectivity index (χ1n) is 19.5. The molecule has 4 aromatic carbocycles. The molecule has 2 heteroatoms. The Kier molecular flexibility index (Phi) is 14.2. The number of hydrogen-bond donors (Lipinski definition) is 2. The maximum atomic E-state index is 7.00. The minimum Gasteiger partial charge on any atom is -0.330 e. The normalized spacial score (nSPS) is 15.6. The quantitative estimate of drug-likeness (QED) is 0.121. The van der Waals surface area contributed by atoms with Crippen LogP contribution in [0.2, 0.25) is 0 Å². The van der Waals surface area contributed by atoms with E-state index >= 15 is 0 Å². The Morgan fingerprint density at radius 1 is 0.870 bits per heavy atom. The molecule has 0 bridgehead atoms. The molecular weight excluding hydrogens is 653 g/mol. The average molecular weight is 711 g/mol. The van der Waals surface area contributed by atoms with Crippen molar-refractivity contribution >= 4 is 11.1 Å². The zero-order valence-corrected chi connectivity index (χ0v) is 33.0. The standard InChI is InChI=1S/C52H58N2/c1-8-15-48(41(10-3)32-33-53)44-25-27-45(28-26-44)49-19-14-16-38(6)52(49)50-35-46(29-30-47(50)36(4)9-2)51(54)31-22-40-21-24-43(39(7)34-40)23-20-37(5)42-17-12-11-13-18-42/h8,10-30,35-36,51H,3,5,9,31-34,53-54H2,1-2,4,6-7H3/b15-8-,23-20-,40-22-,48-41-. The average Bonchev–Trinajstić information content (AvgIpc) is 3.20. The van der Waals surface area contributed by atoms with Crippen LogP contribution < -0.4 is 11.5 Å². The monoisotopic (exact) mass is 710 g/mol. The molecule has 2 atom stereocenters. The van der Waals surface area contributed by atoms with Crippen LogP contribution in [-0.4, -0.2) is 6.54 Å². The predicted molar refractivity (Wildman–Crippen MR) is 237 cm³/mol. The van der Waals surface area contributed by atoms with Gasteiger partial charge in [-0.2, -0.15) is 0 Å². The van der Waals surface area contributed by atoms with Crippen molar-refractivity contribution < 1.29 is 0 Å². The van der Waals surface area contributed by atoms with Crippen LogP contribution in [0.4, 0.5) is 0 Å². The Morgan fingerprint density at radius 2 is 1.63 bits per heavy atom. The number of benzene rings is 4. The van der Waals surface area contributed by atoms with Crippen LogP contribution in [0.5, 0.6) is 0 Å². The number of nitrogens with two attached hydrogens (primary N) is 2. The summed E-state index contributed by atoms with van der Waals surface area (Å²) in [5.74, 6) is 0.408. The van der Waals surface area contributed by atoms with Gasteiger partial charge < -0.3 is 11.5 Å². The molecule has 0 radical (unpaired) electrons. The van der Waals surface area contributed by atoms with Crippen LogP contribution in [-0.2, 0) is 0 Å². The van der Waals surface area contributed by atoms with E-state index in [1.54, 1.807) is 0 Å². The molecule has 54 heavy (non-hydrogen) atoms. The van der Waals surface area contributed by atoms with Crippen molar-refractivity contribution in [2.45, 2.75) is 72.3 Å². The second kappa shape index (κ2) is 19.2. The lowest BCUT2D eigenvalue weighted by Gasteiger charge is -2.22. The molecule has 5 rings (SSSR count). The molecule has 0 fully saturated rings. The van der Waals surface area contributed by atoms with Gasteiger partial charge in [0.1, 0.15) is 0 Å². The zero-order valence-electron chi connectivity index (χ0n) is 33.0. The van der Waals surface area contributed by atoms with E-state index in [1.165, 1.54) is 55.7 Å². The van der Waals surface area contributed by atoms with Crippen molar-refractivity contribution in [2.75, 3.05) is 6.54 Å². The minimum atomic E-state index is -0.119. The number of allylic oxidation sites excluding steroid dienone is 12. The molecule has 4 N–H and O–H groups in total. The molecule has 2 nitrogen and oxygen atoms in total. The molecule has 4 aromatic rings. The lowest BCUT2D eigenvalue weighted by atomic mass is 9.82. The van der Waals surface area contributed by atoms with E-state index in [0.717, 1.165) is 53.5 Å². The largest absolute Gasteiger partial charge is 0.330 e. The number of hydrogen-bond acceptors (Lipinski definition) is 2. The molecule has 276 valence electrons. The van der Waals surface area contributed by atoms with Crippen LogP contribution in [0.25, 0.3) is 33.4 Å². The first kappa shape index (κ1) is 39.9. The maximum absolute atomic E-state index is 7.00. The summed E-state index contributed by atoms with van der Waals surface area (Å²) in [6.45, 7) is 20.0. The molecule has 0 saturated heterocycles. The first-order chi connectivity index (χ1) is 26.2. The van der Waals surface area contributed by atoms with E-state index in [1.807, 2.05) is 31.2 Å². The third-order valence-corrected chi connectivity index (χ3v) is 10.7. The third kappa shape index (κ3) is 9.63. The fourth-order valence-electron chi connectivity index (χ4n) is 7.32. The molecule has 0 saturated carbocycles. The van der Waals surface area contributed by atoms with Gasteiger partial charge in [-0.25, -0.2) is 0 Å². The van der Waals surface area contributed by atoms with Gasteiger partial charge in [-0.1, -0.05) is 166 Å². The number of rotatable bonds is 15. The van der Waals surface area contributed by atoms with Gasteiger partial charge in [0.2, 0.25) is 0 Å². The van der Waals surface area contributed by atoms with Gasteiger partial charge in [-0.05, 0) is 143 Å². The van der Waals surface area contributed by atoms with E-state index in [4.69, 9.17) is 11.5 Å². The molecule has 1 aliphatic carbocycles. The highest BCUT2D eigenvalue weighted by atomic mass is 14.6. The molecule has 0 spiro atoms. The fourth-order valence-corrected chi connectivity index (χ4v) is 7.32. The molecule has 0 aliphatic heterocycles. The summed E-state index contributed by atoms with van der Waals surface area (Å²) >= 11 is 0. The minimum absolute atomic E-state index is 0.119. The summed E-state index contributed by atoms with van der Waals surface area (Å²) in [5, 5.41) is 0. The van der Waals surface area contributed by atoms with Crippen LogP contribution in [0.3, 0.4) is 0 Å². The molecular formula is C52H58N2. The summed E-state index contributed by atoms with van der Waals surface area (Å²) in [6.07, 6.45) is 20.8. The van der Waals surface area contributed by atoms with E-state index in [0.29, 0.717) is 12.5 Å². The summed E-state index contributed by atoms with van der Waals surface area (Å²) < 4.78 is 0. The molecule has 1 aliphatic rings. The lowest BCUT2D eigenvalue weighted by Crippen LogP contribution is -2.11. The van der Waals surface area contributed by atoms with Crippen LogP contribution >= 0.6 is 0 Å². The van der Waals surface area contributed by atoms with Crippen molar-refractivity contribution in [3.8, 4) is 22.3 Å². The van der Waals surface area contributed by atoms with Crippen LogP contribution in [0, 0.1) is 6.92 Å². The van der Waals surface area contributed by atoms with E-state index < -0.39 is 0 Å². The molecule has 2 unspecified atom stereocenters. The van der Waals surface area contributed by atoms with Gasteiger partial charge in [0.15, 0.2) is 0 Å². The Labute approximate surface area is 325 Å². The van der Waals surface area contributed by atoms with Crippen molar-refractivity contribution in [1.82, 2.24) is 0 Å². The third-order valence-electron chi connectivity index (χ3n) is 10.7. The first-order valence-corrected chi connectivity index (χ1v) is 19.5. The van der Waals surface area contributed by atoms with Gasteiger partial charge in [0.25, 0.3) is 0 Å². The summed E-state index contributed by atoms with van der Waals surface area (Å²) in [4.78, 5) is 0. The van der Waals surface area contributed by atoms with Gasteiger partial charge in [0.05, 0.1) is 0 Å². The Balaban J connectivity index is 1.42. The fraction of sp³-hybridized carbons (Fsp3) is 0.231. The van der Waals surface area contributed by atoms with Crippen LogP contribution in [0.1, 0.15) is 93.2 Å². The van der Waals surface area contributed by atoms with E-state index in [-0.39, 0.29) is 6.04 Å². The second-order valence-electron chi connectivity index (χ2n) is 14.5. The topological polar surface area (TPSA) is 52.0 Å². The molecule has 0 aromatic heterocycles. The second-order valence-corrected chi connectivity index (χ2v) is 14.5. The molecule has 0 heterocycles. The Bertz CT molecular complexity index is 2130. The Hall–Kier alpha value is -5.28. The zero-order chi connectivity index (χ0) is 38.6. The van der Waals surface area contributed by atoms with Gasteiger partial charge in [-0.15, -0.1) is 0 Å². The SMILES string of the molecule is C=C/C(CCN)=C(\C=C/C)c1ccc(-c2cccc(C)c2-c2cc(C(N)C/C=C3/C=CC(/C=C\C(=C)c4ccccc4)=C(C)C3)ccc2C(C)CC)cc1. The number of aryl methyl sites for hydroxylation is 1. The Morgan fingerprint density at radius 3 is 2.30 bits per heavy atom. The van der Waals surface area contributed by atoms with Gasteiger partial charge in [-0.3, -0.25) is 0 Å². The summed E-state index contributed by atoms with van der Waals surface area (Å²) in [7, 11) is 0. The lowest BCUT2D eigenvalue weighted by molar-refractivity contribution is 0.722. The maximum Gasteiger partial charge on any atom is 0.0330 e. The van der Waals surface area contributed by atoms with Gasteiger partial charge in [0, 0.05) is 6.04 Å². The predicted octanol–water partition coefficient (Wildman–Crippen LogP) is 13.6. The van der Waals surface area contributed by atoms with E-state index in [9.17, 15) is 0 Å². The van der Waals surface area contributed by atoms with Crippen LogP contribution in [0.15, 0.2) is 175 Å². The van der Waals surface area contributed by atoms with Gasteiger partial charge >= 0.3 is 0 Å². The smallest absolute Gasteiger partial charge is 0.0330 e. The highest BCUT2D eigenvalue weighted by Gasteiger charge is 2.19. The van der Waals surface area contributed by atoms with Crippen molar-refractivity contribution in [2.24, 2.45) is 11.5 Å². The summed E-state index contributed by atoms with van der Waals surface area (Å²) in [6, 6.07) is 32.7. The highest BCUT2D eigenvalue weighted by molar-refractivity contribution is 5.88. The summed E-state index contributed by atoms with van der Waals surface area (Å²) in [5.41, 5.74) is 31.2. The highest BCUT2D eigenvalue weighted by Crippen LogP contribution is 2.41. The van der Waals surface area contributed by atoms with Crippen molar-refractivity contribution in [3.05, 3.63) is 203 Å².